The molecule has 0 saturated heterocycles. The van der Waals surface area contributed by atoms with Crippen LogP contribution in [0.1, 0.15) is 24.5 Å². The summed E-state index contributed by atoms with van der Waals surface area (Å²) in [6.07, 6.45) is 4.52. The van der Waals surface area contributed by atoms with E-state index in [9.17, 15) is 0 Å². The zero-order chi connectivity index (χ0) is 13.2. The summed E-state index contributed by atoms with van der Waals surface area (Å²) in [5, 5.41) is 3.30. The standard InChI is InChI=1S/C14H23N3O/c1-3-9-16-10-11-17-18-14-6-4-5-12(2)13(14)7-8-15/h4-8,16-17H,3,9-11,15H2,1-2H3/b8-7-. The van der Waals surface area contributed by atoms with E-state index in [1.54, 1.807) is 0 Å². The van der Waals surface area contributed by atoms with Crippen molar-refractivity contribution >= 4 is 6.08 Å². The van der Waals surface area contributed by atoms with Gasteiger partial charge in [-0.25, -0.2) is 0 Å². The van der Waals surface area contributed by atoms with Crippen LogP contribution in [0.4, 0.5) is 0 Å². The molecule has 0 radical (unpaired) electrons. The molecule has 0 aliphatic heterocycles. The molecule has 4 nitrogen and oxygen atoms in total. The van der Waals surface area contributed by atoms with E-state index in [0.717, 1.165) is 42.9 Å². The molecular weight excluding hydrogens is 226 g/mol. The Morgan fingerprint density at radius 2 is 2.11 bits per heavy atom. The van der Waals surface area contributed by atoms with Crippen molar-refractivity contribution in [3.8, 4) is 5.75 Å². The Bertz CT molecular complexity index is 377. The highest BCUT2D eigenvalue weighted by Crippen LogP contribution is 2.22. The van der Waals surface area contributed by atoms with Crippen molar-refractivity contribution in [2.45, 2.75) is 20.3 Å². The van der Waals surface area contributed by atoms with Gasteiger partial charge in [-0.05, 0) is 43.8 Å². The van der Waals surface area contributed by atoms with Crippen LogP contribution in [0.25, 0.3) is 6.08 Å². The minimum absolute atomic E-state index is 0.764. The van der Waals surface area contributed by atoms with Crippen LogP contribution in [-0.2, 0) is 0 Å². The Labute approximate surface area is 109 Å². The molecule has 0 aromatic heterocycles. The topological polar surface area (TPSA) is 59.3 Å². The lowest BCUT2D eigenvalue weighted by molar-refractivity contribution is 0.196. The molecule has 0 bridgehead atoms. The summed E-state index contributed by atoms with van der Waals surface area (Å²) in [6.45, 7) is 6.87. The first-order valence-corrected chi connectivity index (χ1v) is 6.38. The highest BCUT2D eigenvalue weighted by atomic mass is 16.6. The van der Waals surface area contributed by atoms with Gasteiger partial charge in [0.1, 0.15) is 0 Å². The molecule has 4 heteroatoms. The summed E-state index contributed by atoms with van der Waals surface area (Å²) >= 11 is 0. The Hall–Kier alpha value is -1.52. The monoisotopic (exact) mass is 249 g/mol. The minimum Gasteiger partial charge on any atom is -0.408 e. The third-order valence-electron chi connectivity index (χ3n) is 2.56. The van der Waals surface area contributed by atoms with Gasteiger partial charge in [0, 0.05) is 18.7 Å². The van der Waals surface area contributed by atoms with E-state index >= 15 is 0 Å². The lowest BCUT2D eigenvalue weighted by Crippen LogP contribution is -2.30. The largest absolute Gasteiger partial charge is 0.408 e. The third-order valence-corrected chi connectivity index (χ3v) is 2.56. The highest BCUT2D eigenvalue weighted by Gasteiger charge is 2.03. The smallest absolute Gasteiger partial charge is 0.154 e. The van der Waals surface area contributed by atoms with Crippen LogP contribution in [0, 0.1) is 6.92 Å². The number of nitrogens with two attached hydrogens (primary N) is 1. The van der Waals surface area contributed by atoms with Crippen LogP contribution in [0.3, 0.4) is 0 Å². The number of benzene rings is 1. The number of hydroxylamine groups is 1. The van der Waals surface area contributed by atoms with E-state index in [0.29, 0.717) is 0 Å². The van der Waals surface area contributed by atoms with Crippen molar-refractivity contribution in [2.75, 3.05) is 19.6 Å². The van der Waals surface area contributed by atoms with Gasteiger partial charge in [-0.2, -0.15) is 5.48 Å². The number of nitrogens with one attached hydrogen (secondary N) is 2. The van der Waals surface area contributed by atoms with Gasteiger partial charge in [-0.3, -0.25) is 0 Å². The van der Waals surface area contributed by atoms with Gasteiger partial charge in [0.25, 0.3) is 0 Å². The molecule has 1 aromatic rings. The average molecular weight is 249 g/mol. The van der Waals surface area contributed by atoms with Crippen LogP contribution in [0.5, 0.6) is 5.75 Å². The number of hydrogen-bond donors (Lipinski definition) is 3. The SMILES string of the molecule is CCCNCCNOc1cccc(C)c1/C=C\N. The lowest BCUT2D eigenvalue weighted by atomic mass is 10.1. The second-order valence-corrected chi connectivity index (χ2v) is 4.09. The number of rotatable bonds is 8. The van der Waals surface area contributed by atoms with Gasteiger partial charge in [-0.15, -0.1) is 0 Å². The fourth-order valence-corrected chi connectivity index (χ4v) is 1.62. The van der Waals surface area contributed by atoms with Crippen molar-refractivity contribution in [2.24, 2.45) is 5.73 Å². The summed E-state index contributed by atoms with van der Waals surface area (Å²) < 4.78 is 0. The van der Waals surface area contributed by atoms with Gasteiger partial charge in [0.05, 0.1) is 0 Å². The Kier molecular flexibility index (Phi) is 6.91. The van der Waals surface area contributed by atoms with E-state index in [1.807, 2.05) is 31.2 Å². The van der Waals surface area contributed by atoms with Gasteiger partial charge in [0.2, 0.25) is 0 Å². The average Bonchev–Trinajstić information content (AvgIpc) is 2.37. The molecule has 100 valence electrons. The maximum Gasteiger partial charge on any atom is 0.154 e. The second-order valence-electron chi connectivity index (χ2n) is 4.09. The molecule has 0 aliphatic carbocycles. The molecule has 0 aliphatic rings. The van der Waals surface area contributed by atoms with E-state index in [4.69, 9.17) is 10.6 Å². The van der Waals surface area contributed by atoms with E-state index in [-0.39, 0.29) is 0 Å². The summed E-state index contributed by atoms with van der Waals surface area (Å²) in [6, 6.07) is 5.93. The minimum atomic E-state index is 0.764. The highest BCUT2D eigenvalue weighted by molar-refractivity contribution is 5.60. The molecule has 0 heterocycles. The molecule has 0 amide bonds. The van der Waals surface area contributed by atoms with Crippen LogP contribution in [0.2, 0.25) is 0 Å². The van der Waals surface area contributed by atoms with Crippen LogP contribution in [-0.4, -0.2) is 19.6 Å². The Balaban J connectivity index is 2.44. The first-order chi connectivity index (χ1) is 8.79. The Morgan fingerprint density at radius 3 is 2.83 bits per heavy atom. The maximum absolute atomic E-state index is 5.55. The molecule has 0 fully saturated rings. The zero-order valence-electron chi connectivity index (χ0n) is 11.2. The molecule has 0 saturated carbocycles. The molecule has 0 atom stereocenters. The number of hydrogen-bond acceptors (Lipinski definition) is 4. The molecule has 18 heavy (non-hydrogen) atoms. The molecular formula is C14H23N3O. The van der Waals surface area contributed by atoms with Crippen molar-refractivity contribution < 1.29 is 4.84 Å². The quantitative estimate of drug-likeness (QED) is 0.486. The number of aryl methyl sites for hydroxylation is 1. The van der Waals surface area contributed by atoms with E-state index in [1.165, 1.54) is 6.20 Å². The summed E-state index contributed by atoms with van der Waals surface area (Å²) in [4.78, 5) is 5.55. The summed E-state index contributed by atoms with van der Waals surface area (Å²) in [5.41, 5.74) is 10.5. The Morgan fingerprint density at radius 1 is 1.28 bits per heavy atom. The third kappa shape index (κ3) is 4.77. The van der Waals surface area contributed by atoms with Crippen LogP contribution < -0.4 is 21.4 Å². The van der Waals surface area contributed by atoms with Crippen LogP contribution in [0.15, 0.2) is 24.4 Å². The molecule has 1 rings (SSSR count). The van der Waals surface area contributed by atoms with Crippen molar-refractivity contribution in [1.29, 1.82) is 0 Å². The zero-order valence-corrected chi connectivity index (χ0v) is 11.2. The van der Waals surface area contributed by atoms with Crippen LogP contribution >= 0.6 is 0 Å². The van der Waals surface area contributed by atoms with Gasteiger partial charge < -0.3 is 15.9 Å². The van der Waals surface area contributed by atoms with Gasteiger partial charge in [-0.1, -0.05) is 19.1 Å². The lowest BCUT2D eigenvalue weighted by Gasteiger charge is -2.11. The van der Waals surface area contributed by atoms with Crippen molar-refractivity contribution in [3.05, 3.63) is 35.5 Å². The molecule has 1 aromatic carbocycles. The van der Waals surface area contributed by atoms with E-state index < -0.39 is 0 Å². The van der Waals surface area contributed by atoms with Crippen molar-refractivity contribution in [3.63, 3.8) is 0 Å². The molecule has 4 N–H and O–H groups in total. The summed E-state index contributed by atoms with van der Waals surface area (Å²) in [5.74, 6) is 0.798. The fraction of sp³-hybridized carbons (Fsp3) is 0.429. The van der Waals surface area contributed by atoms with Crippen molar-refractivity contribution in [1.82, 2.24) is 10.8 Å². The first-order valence-electron chi connectivity index (χ1n) is 6.38. The van der Waals surface area contributed by atoms with Gasteiger partial charge >= 0.3 is 0 Å². The van der Waals surface area contributed by atoms with E-state index in [2.05, 4.69) is 17.7 Å². The maximum atomic E-state index is 5.55. The first kappa shape index (κ1) is 14.5. The normalized spacial score (nSPS) is 11.0. The molecule has 0 spiro atoms. The second kappa shape index (κ2) is 8.55. The summed E-state index contributed by atoms with van der Waals surface area (Å²) in [7, 11) is 0. The molecule has 0 unspecified atom stereocenters. The predicted molar refractivity (Wildman–Crippen MR) is 76.2 cm³/mol. The predicted octanol–water partition coefficient (Wildman–Crippen LogP) is 1.81. The fourth-order valence-electron chi connectivity index (χ4n) is 1.62. The van der Waals surface area contributed by atoms with Gasteiger partial charge in [0.15, 0.2) is 5.75 Å².